The van der Waals surface area contributed by atoms with Gasteiger partial charge in [-0.05, 0) is 43.0 Å². The number of halogens is 1. The summed E-state index contributed by atoms with van der Waals surface area (Å²) >= 11 is 6.01. The van der Waals surface area contributed by atoms with Crippen molar-refractivity contribution in [2.45, 2.75) is 32.1 Å². The standard InChI is InChI=1S/C23H26ClN5O/c24-18-11-13-19(14-12-18)29-22(25)21(20(28-29)17-9-5-2-6-10-17)27-23(30)26-15-16-7-3-1-4-8-16/h2,5-6,9-14,16H,1,3-4,7-8,15,25H2,(H2,26,27,30). The zero-order valence-electron chi connectivity index (χ0n) is 16.8. The molecule has 30 heavy (non-hydrogen) atoms. The molecule has 156 valence electrons. The lowest BCUT2D eigenvalue weighted by Gasteiger charge is -2.21. The monoisotopic (exact) mass is 423 g/mol. The molecule has 0 saturated heterocycles. The summed E-state index contributed by atoms with van der Waals surface area (Å²) in [5.74, 6) is 0.913. The van der Waals surface area contributed by atoms with Crippen LogP contribution in [0.1, 0.15) is 32.1 Å². The van der Waals surface area contributed by atoms with Crippen molar-refractivity contribution >= 4 is 29.1 Å². The maximum Gasteiger partial charge on any atom is 0.319 e. The first kappa shape index (κ1) is 20.3. The highest BCUT2D eigenvalue weighted by Gasteiger charge is 2.21. The van der Waals surface area contributed by atoms with Crippen LogP contribution in [0.4, 0.5) is 16.3 Å². The Morgan fingerprint density at radius 1 is 1.07 bits per heavy atom. The molecule has 0 bridgehead atoms. The van der Waals surface area contributed by atoms with Crippen LogP contribution >= 0.6 is 11.6 Å². The highest BCUT2D eigenvalue weighted by atomic mass is 35.5. The predicted molar refractivity (Wildman–Crippen MR) is 122 cm³/mol. The van der Waals surface area contributed by atoms with Gasteiger partial charge in [0.05, 0.1) is 5.69 Å². The molecule has 0 aliphatic heterocycles. The van der Waals surface area contributed by atoms with Crippen molar-refractivity contribution in [1.82, 2.24) is 15.1 Å². The number of urea groups is 1. The number of nitrogens with two attached hydrogens (primary N) is 1. The first-order valence-corrected chi connectivity index (χ1v) is 10.7. The number of nitrogens with zero attached hydrogens (tertiary/aromatic N) is 2. The predicted octanol–water partition coefficient (Wildman–Crippen LogP) is 5.48. The molecule has 6 nitrogen and oxygen atoms in total. The molecular formula is C23H26ClN5O. The second kappa shape index (κ2) is 9.22. The molecule has 3 aromatic rings. The maximum absolute atomic E-state index is 12.6. The molecule has 2 amide bonds. The van der Waals surface area contributed by atoms with Crippen LogP contribution in [0.5, 0.6) is 0 Å². The normalized spacial score (nSPS) is 14.4. The fourth-order valence-electron chi connectivity index (χ4n) is 3.92. The summed E-state index contributed by atoms with van der Waals surface area (Å²) in [5, 5.41) is 11.3. The van der Waals surface area contributed by atoms with E-state index in [1.54, 1.807) is 16.8 Å². The van der Waals surface area contributed by atoms with Crippen molar-refractivity contribution in [1.29, 1.82) is 0 Å². The van der Waals surface area contributed by atoms with Crippen molar-refractivity contribution in [2.75, 3.05) is 17.6 Å². The van der Waals surface area contributed by atoms with E-state index in [1.807, 2.05) is 42.5 Å². The van der Waals surface area contributed by atoms with Gasteiger partial charge in [0.15, 0.2) is 5.82 Å². The van der Waals surface area contributed by atoms with Crippen molar-refractivity contribution in [3.8, 4) is 16.9 Å². The fraction of sp³-hybridized carbons (Fsp3) is 0.304. The third-order valence-corrected chi connectivity index (χ3v) is 5.81. The SMILES string of the molecule is Nc1c(NC(=O)NCC2CCCCC2)c(-c2ccccc2)nn1-c1ccc(Cl)cc1. The summed E-state index contributed by atoms with van der Waals surface area (Å²) in [6, 6.07) is 16.7. The van der Waals surface area contributed by atoms with Crippen molar-refractivity contribution < 1.29 is 4.79 Å². The Labute approximate surface area is 181 Å². The van der Waals surface area contributed by atoms with Crippen LogP contribution in [0.2, 0.25) is 5.02 Å². The van der Waals surface area contributed by atoms with Crippen molar-refractivity contribution in [3.05, 3.63) is 59.6 Å². The van der Waals surface area contributed by atoms with Crippen LogP contribution in [0.15, 0.2) is 54.6 Å². The van der Waals surface area contributed by atoms with Gasteiger partial charge in [-0.3, -0.25) is 0 Å². The Morgan fingerprint density at radius 2 is 1.77 bits per heavy atom. The quantitative estimate of drug-likeness (QED) is 0.508. The number of benzene rings is 2. The summed E-state index contributed by atoms with van der Waals surface area (Å²) in [6.45, 7) is 0.678. The van der Waals surface area contributed by atoms with E-state index in [2.05, 4.69) is 15.7 Å². The molecule has 2 aromatic carbocycles. The summed E-state index contributed by atoms with van der Waals surface area (Å²) in [4.78, 5) is 12.6. The smallest absolute Gasteiger partial charge is 0.319 e. The van der Waals surface area contributed by atoms with Crippen LogP contribution in [-0.4, -0.2) is 22.4 Å². The van der Waals surface area contributed by atoms with Gasteiger partial charge >= 0.3 is 6.03 Å². The highest BCUT2D eigenvalue weighted by molar-refractivity contribution is 6.30. The lowest BCUT2D eigenvalue weighted by atomic mass is 9.89. The lowest BCUT2D eigenvalue weighted by Crippen LogP contribution is -2.34. The molecule has 0 spiro atoms. The Kier molecular flexibility index (Phi) is 6.23. The van der Waals surface area contributed by atoms with Crippen LogP contribution in [0.25, 0.3) is 16.9 Å². The number of nitrogen functional groups attached to an aromatic ring is 1. The molecular weight excluding hydrogens is 398 g/mol. The fourth-order valence-corrected chi connectivity index (χ4v) is 4.04. The molecule has 0 atom stereocenters. The van der Waals surface area contributed by atoms with E-state index in [-0.39, 0.29) is 6.03 Å². The minimum atomic E-state index is -0.264. The average Bonchev–Trinajstić information content (AvgIpc) is 3.10. The van der Waals surface area contributed by atoms with Gasteiger partial charge in [0.2, 0.25) is 0 Å². The summed E-state index contributed by atoms with van der Waals surface area (Å²) in [6.07, 6.45) is 6.13. The highest BCUT2D eigenvalue weighted by Crippen LogP contribution is 2.34. The largest absolute Gasteiger partial charge is 0.382 e. The van der Waals surface area contributed by atoms with Crippen LogP contribution in [0.3, 0.4) is 0 Å². The van der Waals surface area contributed by atoms with Gasteiger partial charge < -0.3 is 16.4 Å². The van der Waals surface area contributed by atoms with E-state index in [1.165, 1.54) is 32.1 Å². The summed E-state index contributed by atoms with van der Waals surface area (Å²) in [5.41, 5.74) is 9.19. The van der Waals surface area contributed by atoms with Crippen molar-refractivity contribution in [2.24, 2.45) is 5.92 Å². The molecule has 1 aromatic heterocycles. The zero-order chi connectivity index (χ0) is 20.9. The second-order valence-electron chi connectivity index (χ2n) is 7.70. The van der Waals surface area contributed by atoms with E-state index >= 15 is 0 Å². The first-order chi connectivity index (χ1) is 14.6. The van der Waals surface area contributed by atoms with Gasteiger partial charge in [-0.1, -0.05) is 61.2 Å². The van der Waals surface area contributed by atoms with Crippen molar-refractivity contribution in [3.63, 3.8) is 0 Å². The molecule has 0 radical (unpaired) electrons. The lowest BCUT2D eigenvalue weighted by molar-refractivity contribution is 0.247. The first-order valence-electron chi connectivity index (χ1n) is 10.4. The average molecular weight is 424 g/mol. The minimum absolute atomic E-state index is 0.264. The summed E-state index contributed by atoms with van der Waals surface area (Å²) in [7, 11) is 0. The third kappa shape index (κ3) is 4.60. The Bertz CT molecular complexity index is 994. The number of amides is 2. The molecule has 7 heteroatoms. The van der Waals surface area contributed by atoms with Gasteiger partial charge in [0.25, 0.3) is 0 Å². The molecule has 1 heterocycles. The van der Waals surface area contributed by atoms with Crippen LogP contribution in [-0.2, 0) is 0 Å². The number of carbonyl (C=O) groups excluding carboxylic acids is 1. The Hall–Kier alpha value is -2.99. The van der Waals surface area contributed by atoms with E-state index in [9.17, 15) is 4.79 Å². The van der Waals surface area contributed by atoms with E-state index < -0.39 is 0 Å². The number of hydrogen-bond acceptors (Lipinski definition) is 3. The van der Waals surface area contributed by atoms with E-state index in [4.69, 9.17) is 17.3 Å². The number of nitrogens with one attached hydrogen (secondary N) is 2. The van der Waals surface area contributed by atoms with Gasteiger partial charge in [-0.2, -0.15) is 5.10 Å². The number of carbonyl (C=O) groups is 1. The molecule has 4 rings (SSSR count). The third-order valence-electron chi connectivity index (χ3n) is 5.55. The maximum atomic E-state index is 12.6. The molecule has 0 unspecified atom stereocenters. The molecule has 1 fully saturated rings. The van der Waals surface area contributed by atoms with Gasteiger partial charge in [0, 0.05) is 17.1 Å². The minimum Gasteiger partial charge on any atom is -0.382 e. The number of hydrogen-bond donors (Lipinski definition) is 3. The van der Waals surface area contributed by atoms with Gasteiger partial charge in [0.1, 0.15) is 11.4 Å². The number of aromatic nitrogens is 2. The second-order valence-corrected chi connectivity index (χ2v) is 8.14. The molecule has 1 aliphatic rings. The Balaban J connectivity index is 1.60. The molecule has 1 aliphatic carbocycles. The van der Waals surface area contributed by atoms with Crippen LogP contribution < -0.4 is 16.4 Å². The summed E-state index contributed by atoms with van der Waals surface area (Å²) < 4.78 is 1.62. The van der Waals surface area contributed by atoms with Gasteiger partial charge in [-0.15, -0.1) is 0 Å². The topological polar surface area (TPSA) is 85.0 Å². The van der Waals surface area contributed by atoms with E-state index in [0.717, 1.165) is 11.3 Å². The molecule has 1 saturated carbocycles. The van der Waals surface area contributed by atoms with Gasteiger partial charge in [-0.25, -0.2) is 9.48 Å². The van der Waals surface area contributed by atoms with Crippen LogP contribution in [0, 0.1) is 5.92 Å². The van der Waals surface area contributed by atoms with E-state index in [0.29, 0.717) is 34.7 Å². The number of rotatable bonds is 5. The molecule has 4 N–H and O–H groups in total. The zero-order valence-corrected chi connectivity index (χ0v) is 17.5. The Morgan fingerprint density at radius 3 is 2.47 bits per heavy atom. The number of anilines is 2.